The number of likely N-dealkylation sites (tertiary alicyclic amines) is 1. The molecule has 1 spiro atoms. The summed E-state index contributed by atoms with van der Waals surface area (Å²) in [5, 5.41) is 15.3. The summed E-state index contributed by atoms with van der Waals surface area (Å²) in [6.45, 7) is 11.8. The van der Waals surface area contributed by atoms with Crippen LogP contribution in [0.5, 0.6) is 0 Å². The molecule has 3 N–H and O–H groups in total. The lowest BCUT2D eigenvalue weighted by Crippen LogP contribution is -2.54. The van der Waals surface area contributed by atoms with Crippen LogP contribution in [0.15, 0.2) is 22.8 Å². The molecule has 10 atom stereocenters. The van der Waals surface area contributed by atoms with E-state index in [1.165, 1.54) is 24.0 Å². The number of rotatable bonds is 9. The molecule has 6 aliphatic rings. The molecule has 0 bridgehead atoms. The van der Waals surface area contributed by atoms with Gasteiger partial charge < -0.3 is 20.5 Å². The highest BCUT2D eigenvalue weighted by Gasteiger charge is 2.61. The van der Waals surface area contributed by atoms with Gasteiger partial charge in [-0.25, -0.2) is 0 Å². The second kappa shape index (κ2) is 13.4. The number of hydrogen-bond donors (Lipinski definition) is 3. The van der Waals surface area contributed by atoms with Gasteiger partial charge in [-0.3, -0.25) is 14.5 Å². The van der Waals surface area contributed by atoms with Gasteiger partial charge in [-0.2, -0.15) is 13.2 Å². The van der Waals surface area contributed by atoms with Gasteiger partial charge in [0.2, 0.25) is 5.91 Å². The number of halogens is 3. The Balaban J connectivity index is 1.04. The fraction of sp³-hybridized carbons (Fsp3) is 0.838. The monoisotopic (exact) mass is 663 g/mol. The fourth-order valence-corrected chi connectivity index (χ4v) is 11.0. The number of aliphatic hydroxyl groups excluding tert-OH is 1. The van der Waals surface area contributed by atoms with Gasteiger partial charge in [-0.1, -0.05) is 44.4 Å². The number of carbonyl (C=O) groups excluding carboxylic acids is 2. The predicted molar refractivity (Wildman–Crippen MR) is 174 cm³/mol. The van der Waals surface area contributed by atoms with Gasteiger partial charge in [0.05, 0.1) is 17.8 Å². The van der Waals surface area contributed by atoms with Crippen molar-refractivity contribution in [3.05, 3.63) is 22.8 Å². The van der Waals surface area contributed by atoms with Crippen molar-refractivity contribution in [1.82, 2.24) is 15.5 Å². The number of aliphatic hydroxyl groups is 1. The van der Waals surface area contributed by atoms with E-state index < -0.39 is 12.1 Å². The van der Waals surface area contributed by atoms with E-state index in [2.05, 4.69) is 44.0 Å². The summed E-state index contributed by atoms with van der Waals surface area (Å²) in [6.07, 6.45) is 8.03. The third-order valence-corrected chi connectivity index (χ3v) is 13.4. The summed E-state index contributed by atoms with van der Waals surface area (Å²) < 4.78 is 44.1. The molecule has 4 fully saturated rings. The number of allylic oxidation sites excluding steroid dienone is 2. The van der Waals surface area contributed by atoms with Gasteiger partial charge in [0.1, 0.15) is 0 Å². The molecule has 2 heterocycles. The molecule has 2 amide bonds. The normalized spacial score (nSPS) is 40.0. The summed E-state index contributed by atoms with van der Waals surface area (Å²) in [7, 11) is 0. The van der Waals surface area contributed by atoms with E-state index in [9.17, 15) is 27.9 Å². The standard InChI is InChI=1S/C37H56F3N3O4/c1-22-18-31-33(43(21-22)17-16-41-32(45)8-6-5-7-15-42-34(46)37(38,39)40)24(3)36(47-31)14-12-27-28-10-9-25-19-26(44)11-13-35(25,4)30(28)20-29(27)23(36)2/h9,22,24,26-28,30-31,33,44H,5-8,10-21H2,1-4H3,(H,41,45)(H,42,46)/t22-,24+,26-,27-,28-,30-,31+,33-,35-,36?/m0/s1. The minimum absolute atomic E-state index is 0.0430. The molecule has 6 rings (SSSR count). The summed E-state index contributed by atoms with van der Waals surface area (Å²) in [5.41, 5.74) is 4.67. The van der Waals surface area contributed by atoms with Crippen molar-refractivity contribution in [2.75, 3.05) is 26.2 Å². The average molecular weight is 664 g/mol. The van der Waals surface area contributed by atoms with E-state index in [1.807, 2.05) is 5.32 Å². The molecule has 2 saturated carbocycles. The quantitative estimate of drug-likeness (QED) is 0.206. The van der Waals surface area contributed by atoms with Gasteiger partial charge >= 0.3 is 12.1 Å². The number of piperidine rings is 1. The van der Waals surface area contributed by atoms with Crippen LogP contribution in [0.1, 0.15) is 105 Å². The van der Waals surface area contributed by atoms with Crippen molar-refractivity contribution in [3.8, 4) is 0 Å². The first-order chi connectivity index (χ1) is 22.2. The van der Waals surface area contributed by atoms with Crippen LogP contribution in [-0.4, -0.2) is 78.0 Å². The number of fused-ring (bicyclic) bond motifs is 6. The molecule has 1 unspecified atom stereocenters. The topological polar surface area (TPSA) is 90.9 Å². The first kappa shape index (κ1) is 34.9. The number of alkyl halides is 3. The van der Waals surface area contributed by atoms with E-state index >= 15 is 0 Å². The zero-order valence-corrected chi connectivity index (χ0v) is 28.8. The van der Waals surface area contributed by atoms with E-state index in [0.29, 0.717) is 67.9 Å². The van der Waals surface area contributed by atoms with E-state index in [4.69, 9.17) is 4.74 Å². The maximum atomic E-state index is 12.5. The Labute approximate surface area is 278 Å². The van der Waals surface area contributed by atoms with Gasteiger partial charge in [0, 0.05) is 44.6 Å². The zero-order chi connectivity index (χ0) is 33.7. The molecule has 264 valence electrons. The molecule has 4 aliphatic carbocycles. The molecule has 0 aromatic carbocycles. The van der Waals surface area contributed by atoms with Crippen LogP contribution in [0.2, 0.25) is 0 Å². The predicted octanol–water partition coefficient (Wildman–Crippen LogP) is 6.07. The number of nitrogens with one attached hydrogen (secondary N) is 2. The van der Waals surface area contributed by atoms with Crippen LogP contribution < -0.4 is 10.6 Å². The molecular formula is C37H56F3N3O4. The molecule has 0 aromatic heterocycles. The largest absolute Gasteiger partial charge is 0.471 e. The minimum atomic E-state index is -4.86. The maximum Gasteiger partial charge on any atom is 0.471 e. The van der Waals surface area contributed by atoms with Gasteiger partial charge in [-0.15, -0.1) is 0 Å². The lowest BCUT2D eigenvalue weighted by molar-refractivity contribution is -0.173. The van der Waals surface area contributed by atoms with Gasteiger partial charge in [0.15, 0.2) is 0 Å². The van der Waals surface area contributed by atoms with E-state index in [-0.39, 0.29) is 35.7 Å². The Hall–Kier alpha value is -1.91. The lowest BCUT2D eigenvalue weighted by atomic mass is 9.56. The highest BCUT2D eigenvalue weighted by molar-refractivity contribution is 5.81. The molecule has 7 nitrogen and oxygen atoms in total. The van der Waals surface area contributed by atoms with Crippen LogP contribution in [0.3, 0.4) is 0 Å². The lowest BCUT2D eigenvalue weighted by Gasteiger charge is -2.49. The van der Waals surface area contributed by atoms with Crippen molar-refractivity contribution in [2.24, 2.45) is 35.0 Å². The Bertz CT molecular complexity index is 1270. The van der Waals surface area contributed by atoms with Crippen molar-refractivity contribution in [1.29, 1.82) is 0 Å². The van der Waals surface area contributed by atoms with E-state index in [1.54, 1.807) is 5.57 Å². The van der Waals surface area contributed by atoms with Crippen molar-refractivity contribution in [3.63, 3.8) is 0 Å². The van der Waals surface area contributed by atoms with Gasteiger partial charge in [0.25, 0.3) is 0 Å². The Kier molecular flexibility index (Phi) is 9.98. The third-order valence-electron chi connectivity index (χ3n) is 13.4. The zero-order valence-electron chi connectivity index (χ0n) is 28.8. The molecule has 0 aromatic rings. The summed E-state index contributed by atoms with van der Waals surface area (Å²) in [4.78, 5) is 26.0. The second-order valence-electron chi connectivity index (χ2n) is 16.1. The van der Waals surface area contributed by atoms with Crippen LogP contribution in [0.4, 0.5) is 13.2 Å². The number of nitrogens with zero attached hydrogens (tertiary/aromatic N) is 1. The van der Waals surface area contributed by atoms with Crippen molar-refractivity contribution < 1.29 is 32.6 Å². The summed E-state index contributed by atoms with van der Waals surface area (Å²) in [6, 6.07) is 0.316. The first-order valence-corrected chi connectivity index (χ1v) is 18.4. The Morgan fingerprint density at radius 1 is 1.09 bits per heavy atom. The second-order valence-corrected chi connectivity index (χ2v) is 16.1. The third kappa shape index (κ3) is 6.56. The molecule has 10 heteroatoms. The highest BCUT2D eigenvalue weighted by atomic mass is 19.4. The molecule has 2 saturated heterocycles. The molecule has 0 radical (unpaired) electrons. The first-order valence-electron chi connectivity index (χ1n) is 18.4. The number of amides is 2. The number of unbranched alkanes of at least 4 members (excludes halogenated alkanes) is 2. The maximum absolute atomic E-state index is 12.5. The van der Waals surface area contributed by atoms with Crippen LogP contribution in [0.25, 0.3) is 0 Å². The van der Waals surface area contributed by atoms with E-state index in [0.717, 1.165) is 51.6 Å². The smallest absolute Gasteiger partial charge is 0.393 e. The van der Waals surface area contributed by atoms with Crippen LogP contribution in [0, 0.1) is 35.0 Å². The van der Waals surface area contributed by atoms with Crippen molar-refractivity contribution in [2.45, 2.75) is 135 Å². The SMILES string of the molecule is CC1=C2C[C@H]3[C@@H](CC=C4C[C@@H](O)CC[C@@]43C)[C@@H]2CCC12O[C@@H]1C[C@H](C)CN(CCNC(=O)CCCCCNC(=O)C(F)(F)F)[C@H]1[C@H]2C. The molecule has 47 heavy (non-hydrogen) atoms. The summed E-state index contributed by atoms with van der Waals surface area (Å²) >= 11 is 0. The van der Waals surface area contributed by atoms with Crippen LogP contribution in [-0.2, 0) is 14.3 Å². The summed E-state index contributed by atoms with van der Waals surface area (Å²) in [5.74, 6) is 0.925. The van der Waals surface area contributed by atoms with Gasteiger partial charge in [-0.05, 0) is 106 Å². The Morgan fingerprint density at radius 2 is 1.87 bits per heavy atom. The molecule has 2 aliphatic heterocycles. The highest BCUT2D eigenvalue weighted by Crippen LogP contribution is 2.65. The van der Waals surface area contributed by atoms with Crippen LogP contribution >= 0.6 is 0 Å². The minimum Gasteiger partial charge on any atom is -0.393 e. The number of hydrogen-bond acceptors (Lipinski definition) is 5. The number of ether oxygens (including phenoxy) is 1. The Morgan fingerprint density at radius 3 is 2.64 bits per heavy atom. The average Bonchev–Trinajstić information content (AvgIpc) is 3.53. The fourth-order valence-electron chi connectivity index (χ4n) is 11.0. The van der Waals surface area contributed by atoms with Crippen molar-refractivity contribution >= 4 is 11.8 Å². The number of carbonyl (C=O) groups is 2. The molecular weight excluding hydrogens is 607 g/mol.